The van der Waals surface area contributed by atoms with Crippen LogP contribution in [0.4, 0.5) is 0 Å². The lowest BCUT2D eigenvalue weighted by molar-refractivity contribution is -0.141. The molecule has 0 radical (unpaired) electrons. The number of carboxylic acids is 1. The van der Waals surface area contributed by atoms with Gasteiger partial charge in [-0.05, 0) is 12.8 Å². The van der Waals surface area contributed by atoms with Crippen LogP contribution in [-0.2, 0) is 9.59 Å². The number of primary amides is 1. The molecule has 3 N–H and O–H groups in total. The van der Waals surface area contributed by atoms with Crippen LogP contribution in [0, 0.1) is 5.41 Å². The van der Waals surface area contributed by atoms with Crippen LogP contribution in [0.1, 0.15) is 19.3 Å². The number of rotatable bonds is 3. The summed E-state index contributed by atoms with van der Waals surface area (Å²) >= 11 is 0. The highest BCUT2D eigenvalue weighted by atomic mass is 16.4. The standard InChI is InChI=1S/C6H9NO3/c7-5(10)6(1-2-6)3-4(8)9/h1-3H2,(H2,7,10)(H,8,9). The second-order valence-corrected chi connectivity index (χ2v) is 2.72. The molecule has 1 fully saturated rings. The molecule has 4 nitrogen and oxygen atoms in total. The summed E-state index contributed by atoms with van der Waals surface area (Å²) in [5, 5.41) is 8.33. The van der Waals surface area contributed by atoms with Gasteiger partial charge in [0.1, 0.15) is 0 Å². The van der Waals surface area contributed by atoms with Crippen molar-refractivity contribution >= 4 is 11.9 Å². The van der Waals surface area contributed by atoms with Crippen LogP contribution in [0.25, 0.3) is 0 Å². The Kier molecular flexibility index (Phi) is 1.39. The molecule has 0 aromatic carbocycles. The monoisotopic (exact) mass is 143 g/mol. The molecule has 56 valence electrons. The molecule has 1 amide bonds. The third-order valence-corrected chi connectivity index (χ3v) is 1.87. The van der Waals surface area contributed by atoms with Crippen LogP contribution < -0.4 is 5.73 Å². The Morgan fingerprint density at radius 3 is 2.10 bits per heavy atom. The van der Waals surface area contributed by atoms with E-state index >= 15 is 0 Å². The van der Waals surface area contributed by atoms with Crippen LogP contribution >= 0.6 is 0 Å². The van der Waals surface area contributed by atoms with Crippen molar-refractivity contribution in [3.8, 4) is 0 Å². The van der Waals surface area contributed by atoms with Gasteiger partial charge in [-0.1, -0.05) is 0 Å². The molecule has 0 aromatic rings. The maximum Gasteiger partial charge on any atom is 0.304 e. The van der Waals surface area contributed by atoms with Crippen LogP contribution in [0.15, 0.2) is 0 Å². The van der Waals surface area contributed by atoms with Crippen molar-refractivity contribution in [1.82, 2.24) is 0 Å². The van der Waals surface area contributed by atoms with E-state index in [1.807, 2.05) is 0 Å². The summed E-state index contributed by atoms with van der Waals surface area (Å²) in [7, 11) is 0. The molecule has 0 spiro atoms. The predicted molar refractivity (Wildman–Crippen MR) is 33.1 cm³/mol. The minimum Gasteiger partial charge on any atom is -0.481 e. The predicted octanol–water partition coefficient (Wildman–Crippen LogP) is -0.273. The summed E-state index contributed by atoms with van der Waals surface area (Å²) in [5.74, 6) is -1.42. The first-order chi connectivity index (χ1) is 4.57. The maximum absolute atomic E-state index is 10.6. The molecule has 0 aromatic heterocycles. The van der Waals surface area contributed by atoms with E-state index in [1.165, 1.54) is 0 Å². The third-order valence-electron chi connectivity index (χ3n) is 1.87. The lowest BCUT2D eigenvalue weighted by Crippen LogP contribution is -2.26. The summed E-state index contributed by atoms with van der Waals surface area (Å²) in [5.41, 5.74) is 4.29. The van der Waals surface area contributed by atoms with Gasteiger partial charge >= 0.3 is 5.97 Å². The van der Waals surface area contributed by atoms with Gasteiger partial charge in [0.25, 0.3) is 0 Å². The van der Waals surface area contributed by atoms with Crippen molar-refractivity contribution < 1.29 is 14.7 Å². The lowest BCUT2D eigenvalue weighted by Gasteiger charge is -2.04. The Balaban J connectivity index is 2.53. The molecule has 10 heavy (non-hydrogen) atoms. The first-order valence-electron chi connectivity index (χ1n) is 3.08. The summed E-state index contributed by atoms with van der Waals surface area (Å²) in [4.78, 5) is 20.7. The normalized spacial score (nSPS) is 20.0. The molecular weight excluding hydrogens is 134 g/mol. The molecule has 0 bridgehead atoms. The Morgan fingerprint density at radius 2 is 2.00 bits per heavy atom. The van der Waals surface area contributed by atoms with Crippen LogP contribution in [0.2, 0.25) is 0 Å². The molecule has 0 aliphatic heterocycles. The molecule has 1 rings (SSSR count). The minimum atomic E-state index is -0.948. The fourth-order valence-corrected chi connectivity index (χ4v) is 0.951. The second kappa shape index (κ2) is 1.97. The minimum absolute atomic E-state index is 0.109. The molecule has 0 unspecified atom stereocenters. The molecule has 4 heteroatoms. The largest absolute Gasteiger partial charge is 0.481 e. The van der Waals surface area contributed by atoms with Gasteiger partial charge in [0.05, 0.1) is 11.8 Å². The SMILES string of the molecule is NC(=O)C1(CC(=O)O)CC1. The Morgan fingerprint density at radius 1 is 1.50 bits per heavy atom. The quantitative estimate of drug-likeness (QED) is 0.570. The molecule has 1 aliphatic carbocycles. The zero-order valence-electron chi connectivity index (χ0n) is 5.46. The summed E-state index contributed by atoms with van der Waals surface area (Å²) in [6.45, 7) is 0. The zero-order valence-corrected chi connectivity index (χ0v) is 5.46. The molecule has 1 saturated carbocycles. The highest BCUT2D eigenvalue weighted by molar-refractivity contribution is 5.88. The fourth-order valence-electron chi connectivity index (χ4n) is 0.951. The van der Waals surface area contributed by atoms with Crippen molar-refractivity contribution in [2.75, 3.05) is 0 Å². The van der Waals surface area contributed by atoms with E-state index in [-0.39, 0.29) is 6.42 Å². The molecule has 0 heterocycles. The average Bonchev–Trinajstić information content (AvgIpc) is 2.46. The van der Waals surface area contributed by atoms with Crippen LogP contribution in [0.3, 0.4) is 0 Å². The molecular formula is C6H9NO3. The van der Waals surface area contributed by atoms with Gasteiger partial charge in [-0.2, -0.15) is 0 Å². The summed E-state index contributed by atoms with van der Waals surface area (Å²) < 4.78 is 0. The number of hydrogen-bond donors (Lipinski definition) is 2. The van der Waals surface area contributed by atoms with Crippen LogP contribution in [0.5, 0.6) is 0 Å². The number of nitrogens with two attached hydrogens (primary N) is 1. The highest BCUT2D eigenvalue weighted by Crippen LogP contribution is 2.48. The topological polar surface area (TPSA) is 80.4 Å². The van der Waals surface area contributed by atoms with E-state index in [9.17, 15) is 9.59 Å². The van der Waals surface area contributed by atoms with Crippen molar-refractivity contribution in [3.63, 3.8) is 0 Å². The lowest BCUT2D eigenvalue weighted by atomic mass is 10.0. The number of carboxylic acid groups (broad SMARTS) is 1. The van der Waals surface area contributed by atoms with Gasteiger partial charge in [-0.15, -0.1) is 0 Å². The van der Waals surface area contributed by atoms with Crippen LogP contribution in [-0.4, -0.2) is 17.0 Å². The van der Waals surface area contributed by atoms with Crippen molar-refractivity contribution in [3.05, 3.63) is 0 Å². The zero-order chi connectivity index (χ0) is 7.78. The van der Waals surface area contributed by atoms with Gasteiger partial charge in [0.2, 0.25) is 5.91 Å². The smallest absolute Gasteiger partial charge is 0.304 e. The third kappa shape index (κ3) is 1.10. The van der Waals surface area contributed by atoms with Gasteiger partial charge in [-0.3, -0.25) is 9.59 Å². The fraction of sp³-hybridized carbons (Fsp3) is 0.667. The van der Waals surface area contributed by atoms with E-state index in [2.05, 4.69) is 0 Å². The summed E-state index contributed by atoms with van der Waals surface area (Å²) in [6, 6.07) is 0. The van der Waals surface area contributed by atoms with E-state index in [0.717, 1.165) is 0 Å². The Bertz CT molecular complexity index is 183. The number of amides is 1. The first kappa shape index (κ1) is 7.05. The van der Waals surface area contributed by atoms with Gasteiger partial charge < -0.3 is 10.8 Å². The van der Waals surface area contributed by atoms with Gasteiger partial charge in [0.15, 0.2) is 0 Å². The average molecular weight is 143 g/mol. The van der Waals surface area contributed by atoms with Crippen molar-refractivity contribution in [2.24, 2.45) is 11.1 Å². The van der Waals surface area contributed by atoms with E-state index in [1.54, 1.807) is 0 Å². The van der Waals surface area contributed by atoms with Gasteiger partial charge in [-0.25, -0.2) is 0 Å². The summed E-state index contributed by atoms with van der Waals surface area (Å²) in [6.07, 6.45) is 1.16. The number of hydrogen-bond acceptors (Lipinski definition) is 2. The highest BCUT2D eigenvalue weighted by Gasteiger charge is 2.49. The second-order valence-electron chi connectivity index (χ2n) is 2.72. The Labute approximate surface area is 58.0 Å². The molecule has 1 aliphatic rings. The van der Waals surface area contributed by atoms with Gasteiger partial charge in [0, 0.05) is 0 Å². The molecule has 0 saturated heterocycles. The number of carbonyl (C=O) groups is 2. The van der Waals surface area contributed by atoms with E-state index in [4.69, 9.17) is 10.8 Å². The first-order valence-corrected chi connectivity index (χ1v) is 3.08. The van der Waals surface area contributed by atoms with E-state index in [0.29, 0.717) is 12.8 Å². The van der Waals surface area contributed by atoms with E-state index < -0.39 is 17.3 Å². The van der Waals surface area contributed by atoms with Crippen molar-refractivity contribution in [1.29, 1.82) is 0 Å². The Hall–Kier alpha value is -1.06. The molecule has 0 atom stereocenters. The maximum atomic E-state index is 10.6. The number of aliphatic carboxylic acids is 1. The van der Waals surface area contributed by atoms with Crippen molar-refractivity contribution in [2.45, 2.75) is 19.3 Å². The number of carbonyl (C=O) groups excluding carboxylic acids is 1.